The number of urea groups is 1. The number of amides is 2. The number of nitrogens with one attached hydrogen (secondary N) is 1. The van der Waals surface area contributed by atoms with Crippen LogP contribution in [0.1, 0.15) is 25.3 Å². The number of carbonyl (C=O) groups is 2. The molecule has 5 nitrogen and oxygen atoms in total. The summed E-state index contributed by atoms with van der Waals surface area (Å²) >= 11 is 0. The molecule has 0 unspecified atom stereocenters. The molecule has 2 amide bonds. The molecule has 1 fully saturated rings. The first-order valence-corrected chi connectivity index (χ1v) is 6.96. The zero-order valence-corrected chi connectivity index (χ0v) is 11.4. The summed E-state index contributed by atoms with van der Waals surface area (Å²) in [5.74, 6) is -0.320. The second-order valence-corrected chi connectivity index (χ2v) is 5.78. The van der Waals surface area contributed by atoms with E-state index in [2.05, 4.69) is 12.2 Å². The third-order valence-electron chi connectivity index (χ3n) is 4.18. The van der Waals surface area contributed by atoms with Gasteiger partial charge in [0.25, 0.3) is 0 Å². The zero-order valence-electron chi connectivity index (χ0n) is 11.4. The van der Waals surface area contributed by atoms with E-state index < -0.39 is 12.0 Å². The molecule has 1 aliphatic heterocycles. The van der Waals surface area contributed by atoms with E-state index >= 15 is 0 Å². The highest BCUT2D eigenvalue weighted by Gasteiger charge is 2.39. The van der Waals surface area contributed by atoms with Gasteiger partial charge in [0.2, 0.25) is 0 Å². The van der Waals surface area contributed by atoms with Gasteiger partial charge in [-0.15, -0.1) is 0 Å². The standard InChI is InChI=1S/C15H18N2O3/c1-9-6-11(7-9)16-15(20)17-12-5-3-2-4-10(12)8-13(17)14(18)19/h2-5,9,11,13H,6-8H2,1H3,(H,16,20)(H,18,19)/t9?,11?,13-/m0/s1. The molecule has 3 rings (SSSR count). The Labute approximate surface area is 117 Å². The number of hydrogen-bond donors (Lipinski definition) is 2. The van der Waals surface area contributed by atoms with Crippen LogP contribution in [0.15, 0.2) is 24.3 Å². The Balaban J connectivity index is 1.81. The lowest BCUT2D eigenvalue weighted by Crippen LogP contribution is -2.53. The number of carbonyl (C=O) groups excluding carboxylic acids is 1. The minimum atomic E-state index is -0.960. The lowest BCUT2D eigenvalue weighted by atomic mass is 9.82. The maximum atomic E-state index is 12.4. The maximum absolute atomic E-state index is 12.4. The van der Waals surface area contributed by atoms with E-state index in [4.69, 9.17) is 0 Å². The lowest BCUT2D eigenvalue weighted by molar-refractivity contribution is -0.138. The molecule has 0 radical (unpaired) electrons. The van der Waals surface area contributed by atoms with Gasteiger partial charge in [-0.3, -0.25) is 4.90 Å². The molecular weight excluding hydrogens is 256 g/mol. The highest BCUT2D eigenvalue weighted by atomic mass is 16.4. The van der Waals surface area contributed by atoms with E-state index in [1.165, 1.54) is 4.90 Å². The summed E-state index contributed by atoms with van der Waals surface area (Å²) in [4.78, 5) is 25.2. The molecular formula is C15H18N2O3. The van der Waals surface area contributed by atoms with Crippen molar-refractivity contribution in [2.24, 2.45) is 5.92 Å². The van der Waals surface area contributed by atoms with Crippen molar-refractivity contribution in [2.45, 2.75) is 38.3 Å². The summed E-state index contributed by atoms with van der Waals surface area (Å²) in [6.45, 7) is 2.15. The van der Waals surface area contributed by atoms with E-state index in [-0.39, 0.29) is 12.1 Å². The number of carboxylic acid groups (broad SMARTS) is 1. The van der Waals surface area contributed by atoms with Crippen LogP contribution in [0.2, 0.25) is 0 Å². The highest BCUT2D eigenvalue weighted by Crippen LogP contribution is 2.33. The van der Waals surface area contributed by atoms with E-state index in [1.54, 1.807) is 6.07 Å². The Hall–Kier alpha value is -2.04. The fourth-order valence-corrected chi connectivity index (χ4v) is 3.10. The number of para-hydroxylation sites is 1. The molecule has 2 aliphatic rings. The van der Waals surface area contributed by atoms with Crippen molar-refractivity contribution in [1.82, 2.24) is 5.32 Å². The molecule has 0 bridgehead atoms. The van der Waals surface area contributed by atoms with Gasteiger partial charge >= 0.3 is 12.0 Å². The molecule has 0 spiro atoms. The van der Waals surface area contributed by atoms with Crippen LogP contribution in [-0.4, -0.2) is 29.2 Å². The first-order chi connectivity index (χ1) is 9.56. The van der Waals surface area contributed by atoms with Crippen LogP contribution in [0, 0.1) is 5.92 Å². The second-order valence-electron chi connectivity index (χ2n) is 5.78. The first kappa shape index (κ1) is 13.0. The fraction of sp³-hybridized carbons (Fsp3) is 0.467. The summed E-state index contributed by atoms with van der Waals surface area (Å²) in [6, 6.07) is 6.47. The smallest absolute Gasteiger partial charge is 0.327 e. The van der Waals surface area contributed by atoms with Crippen molar-refractivity contribution in [2.75, 3.05) is 4.90 Å². The van der Waals surface area contributed by atoms with Crippen LogP contribution >= 0.6 is 0 Å². The fourth-order valence-electron chi connectivity index (χ4n) is 3.10. The van der Waals surface area contributed by atoms with E-state index in [0.717, 1.165) is 18.4 Å². The van der Waals surface area contributed by atoms with Gasteiger partial charge < -0.3 is 10.4 Å². The molecule has 0 saturated heterocycles. The zero-order chi connectivity index (χ0) is 14.3. The normalized spacial score (nSPS) is 27.6. The average molecular weight is 274 g/mol. The van der Waals surface area contributed by atoms with Gasteiger partial charge in [-0.25, -0.2) is 9.59 Å². The Morgan fingerprint density at radius 1 is 1.30 bits per heavy atom. The number of aliphatic carboxylic acids is 1. The largest absolute Gasteiger partial charge is 0.480 e. The molecule has 1 atom stereocenters. The topological polar surface area (TPSA) is 69.6 Å². The van der Waals surface area contributed by atoms with Crippen molar-refractivity contribution in [3.63, 3.8) is 0 Å². The Morgan fingerprint density at radius 3 is 2.65 bits per heavy atom. The molecule has 1 aromatic rings. The summed E-state index contributed by atoms with van der Waals surface area (Å²) in [6.07, 6.45) is 2.32. The molecule has 20 heavy (non-hydrogen) atoms. The summed E-state index contributed by atoms with van der Waals surface area (Å²) in [7, 11) is 0. The molecule has 106 valence electrons. The Kier molecular flexibility index (Phi) is 3.12. The minimum absolute atomic E-state index is 0.180. The van der Waals surface area contributed by atoms with Gasteiger partial charge in [-0.1, -0.05) is 25.1 Å². The van der Waals surface area contributed by atoms with Crippen molar-refractivity contribution >= 4 is 17.7 Å². The molecule has 1 aliphatic carbocycles. The maximum Gasteiger partial charge on any atom is 0.327 e. The van der Waals surface area contributed by atoms with Crippen molar-refractivity contribution in [1.29, 1.82) is 0 Å². The Bertz CT molecular complexity index is 552. The molecule has 1 saturated carbocycles. The Morgan fingerprint density at radius 2 is 2.00 bits per heavy atom. The van der Waals surface area contributed by atoms with Crippen LogP contribution < -0.4 is 10.2 Å². The molecule has 0 aromatic heterocycles. The molecule has 5 heteroatoms. The van der Waals surface area contributed by atoms with Crippen molar-refractivity contribution in [3.05, 3.63) is 29.8 Å². The minimum Gasteiger partial charge on any atom is -0.480 e. The lowest BCUT2D eigenvalue weighted by Gasteiger charge is -2.35. The number of fused-ring (bicyclic) bond motifs is 1. The molecule has 2 N–H and O–H groups in total. The van der Waals surface area contributed by atoms with Crippen LogP contribution in [0.3, 0.4) is 0 Å². The molecule has 1 aromatic carbocycles. The van der Waals surface area contributed by atoms with Gasteiger partial charge in [0.15, 0.2) is 0 Å². The third-order valence-corrected chi connectivity index (χ3v) is 4.18. The van der Waals surface area contributed by atoms with E-state index in [9.17, 15) is 14.7 Å². The van der Waals surface area contributed by atoms with Crippen LogP contribution in [0.25, 0.3) is 0 Å². The van der Waals surface area contributed by atoms with E-state index in [1.807, 2.05) is 18.2 Å². The van der Waals surface area contributed by atoms with E-state index in [0.29, 0.717) is 18.0 Å². The number of carboxylic acids is 1. The second kappa shape index (κ2) is 4.81. The number of hydrogen-bond acceptors (Lipinski definition) is 2. The average Bonchev–Trinajstić information content (AvgIpc) is 2.76. The SMILES string of the molecule is CC1CC(NC(=O)N2c3ccccc3C[C@H]2C(=O)O)C1. The number of anilines is 1. The number of rotatable bonds is 2. The summed E-state index contributed by atoms with van der Waals surface area (Å²) in [5.41, 5.74) is 1.63. The van der Waals surface area contributed by atoms with Crippen molar-refractivity contribution < 1.29 is 14.7 Å². The first-order valence-electron chi connectivity index (χ1n) is 6.96. The van der Waals surface area contributed by atoms with Crippen LogP contribution in [0.4, 0.5) is 10.5 Å². The van der Waals surface area contributed by atoms with Gasteiger partial charge in [0.05, 0.1) is 0 Å². The van der Waals surface area contributed by atoms with Crippen LogP contribution in [0.5, 0.6) is 0 Å². The predicted octanol–water partition coefficient (Wildman–Crippen LogP) is 2.01. The quantitative estimate of drug-likeness (QED) is 0.866. The predicted molar refractivity (Wildman–Crippen MR) is 74.8 cm³/mol. The highest BCUT2D eigenvalue weighted by molar-refractivity contribution is 6.01. The van der Waals surface area contributed by atoms with Gasteiger partial charge in [0.1, 0.15) is 6.04 Å². The van der Waals surface area contributed by atoms with Crippen LogP contribution in [-0.2, 0) is 11.2 Å². The monoisotopic (exact) mass is 274 g/mol. The number of benzene rings is 1. The number of nitrogens with zero attached hydrogens (tertiary/aromatic N) is 1. The van der Waals surface area contributed by atoms with Gasteiger partial charge in [0, 0.05) is 18.2 Å². The third kappa shape index (κ3) is 2.13. The summed E-state index contributed by atoms with van der Waals surface area (Å²) in [5, 5.41) is 12.3. The van der Waals surface area contributed by atoms with Gasteiger partial charge in [-0.05, 0) is 30.4 Å². The van der Waals surface area contributed by atoms with Gasteiger partial charge in [-0.2, -0.15) is 0 Å². The van der Waals surface area contributed by atoms with Crippen molar-refractivity contribution in [3.8, 4) is 0 Å². The summed E-state index contributed by atoms with van der Waals surface area (Å²) < 4.78 is 0. The molecule has 1 heterocycles.